The molecular weight excluding hydrogens is 456 g/mol. The Morgan fingerprint density at radius 1 is 0.943 bits per heavy atom. The maximum atomic E-state index is 14.3. The average Bonchev–Trinajstić information content (AvgIpc) is 2.90. The number of Topliss-reactive ketones (excluding diaryl/α,β-unsaturated/α-hetero) is 2. The summed E-state index contributed by atoms with van der Waals surface area (Å²) in [6.07, 6.45) is -3.62. The molecule has 35 heavy (non-hydrogen) atoms. The lowest BCUT2D eigenvalue weighted by Gasteiger charge is -2.66. The molecule has 0 amide bonds. The van der Waals surface area contributed by atoms with E-state index in [4.69, 9.17) is 14.2 Å². The molecule has 9 nitrogen and oxygen atoms in total. The van der Waals surface area contributed by atoms with Gasteiger partial charge in [0.25, 0.3) is 0 Å². The second-order valence-electron chi connectivity index (χ2n) is 11.5. The maximum Gasteiger partial charge on any atom is 0.303 e. The molecule has 0 saturated heterocycles. The first-order valence-electron chi connectivity index (χ1n) is 12.1. The Balaban J connectivity index is 2.04. The fraction of sp³-hybridized carbons (Fsp3) is 0.731. The summed E-state index contributed by atoms with van der Waals surface area (Å²) < 4.78 is 17.1. The highest BCUT2D eigenvalue weighted by Gasteiger charge is 2.79. The summed E-state index contributed by atoms with van der Waals surface area (Å²) in [5.74, 6) is -4.86. The van der Waals surface area contributed by atoms with Gasteiger partial charge in [0.15, 0.2) is 17.7 Å². The number of ether oxygens (including phenoxy) is 3. The van der Waals surface area contributed by atoms with Crippen molar-refractivity contribution < 1.29 is 43.3 Å². The molecule has 0 radical (unpaired) electrons. The summed E-state index contributed by atoms with van der Waals surface area (Å²) in [5.41, 5.74) is -3.41. The van der Waals surface area contributed by atoms with Crippen molar-refractivity contribution in [1.82, 2.24) is 0 Å². The molecule has 0 heterocycles. The number of allylic oxidation sites excluding steroid dienone is 1. The zero-order valence-corrected chi connectivity index (χ0v) is 21.1. The van der Waals surface area contributed by atoms with Crippen molar-refractivity contribution in [2.75, 3.05) is 0 Å². The Hall–Kier alpha value is -2.55. The third-order valence-corrected chi connectivity index (χ3v) is 9.18. The lowest BCUT2D eigenvalue weighted by Crippen LogP contribution is -2.75. The number of rotatable bonds is 3. The van der Waals surface area contributed by atoms with Crippen molar-refractivity contribution in [2.45, 2.75) is 85.2 Å². The van der Waals surface area contributed by atoms with Crippen LogP contribution >= 0.6 is 0 Å². The van der Waals surface area contributed by atoms with E-state index in [1.54, 1.807) is 20.8 Å². The first-order chi connectivity index (χ1) is 16.1. The minimum atomic E-state index is -1.51. The fourth-order valence-electron chi connectivity index (χ4n) is 8.13. The number of aliphatic hydroxyl groups is 1. The van der Waals surface area contributed by atoms with Crippen LogP contribution in [0.5, 0.6) is 0 Å². The number of aliphatic hydroxyl groups excluding tert-OH is 1. The Bertz CT molecular complexity index is 1030. The molecule has 9 unspecified atom stereocenters. The van der Waals surface area contributed by atoms with Crippen molar-refractivity contribution in [3.8, 4) is 0 Å². The number of carbonyl (C=O) groups is 5. The van der Waals surface area contributed by atoms with E-state index in [1.165, 1.54) is 20.8 Å². The molecule has 1 spiro atoms. The molecule has 0 aromatic rings. The topological polar surface area (TPSA) is 133 Å². The molecule has 4 rings (SSSR count). The molecule has 4 saturated carbocycles. The van der Waals surface area contributed by atoms with E-state index in [-0.39, 0.29) is 24.5 Å². The van der Waals surface area contributed by atoms with Gasteiger partial charge in [0.1, 0.15) is 12.2 Å². The molecule has 4 fully saturated rings. The van der Waals surface area contributed by atoms with Crippen molar-refractivity contribution >= 4 is 29.5 Å². The normalized spacial score (nSPS) is 43.6. The smallest absolute Gasteiger partial charge is 0.303 e. The van der Waals surface area contributed by atoms with Crippen LogP contribution in [0.3, 0.4) is 0 Å². The summed E-state index contributed by atoms with van der Waals surface area (Å²) in [6.45, 7) is 12.9. The predicted octanol–water partition coefficient (Wildman–Crippen LogP) is 1.93. The molecule has 9 atom stereocenters. The van der Waals surface area contributed by atoms with E-state index in [0.29, 0.717) is 12.0 Å². The van der Waals surface area contributed by atoms with Crippen LogP contribution in [0, 0.1) is 34.0 Å². The van der Waals surface area contributed by atoms with Gasteiger partial charge in [-0.25, -0.2) is 0 Å². The molecule has 4 aliphatic rings. The Kier molecular flexibility index (Phi) is 5.82. The van der Waals surface area contributed by atoms with Crippen molar-refractivity contribution in [1.29, 1.82) is 0 Å². The third kappa shape index (κ3) is 3.33. The van der Waals surface area contributed by atoms with Gasteiger partial charge >= 0.3 is 17.9 Å². The molecule has 2 bridgehead atoms. The first-order valence-corrected chi connectivity index (χ1v) is 12.1. The van der Waals surface area contributed by atoms with Gasteiger partial charge in [-0.1, -0.05) is 27.4 Å². The van der Waals surface area contributed by atoms with Gasteiger partial charge in [0.2, 0.25) is 0 Å². The van der Waals surface area contributed by atoms with Gasteiger partial charge in [-0.05, 0) is 24.3 Å². The SMILES string of the molecule is C=C1C(=O)C23CC1CC(OC(C)=O)C2C1(C)C(OC(C)=O)CC(O)C(C)(C)C1C(=O)C3OC(C)=O. The first kappa shape index (κ1) is 25.5. The number of carbonyl (C=O) groups excluding carboxylic acids is 5. The van der Waals surface area contributed by atoms with Gasteiger partial charge in [0.05, 0.1) is 11.5 Å². The molecule has 9 heteroatoms. The van der Waals surface area contributed by atoms with Crippen LogP contribution in [0.4, 0.5) is 0 Å². The zero-order chi connectivity index (χ0) is 26.2. The molecule has 192 valence electrons. The van der Waals surface area contributed by atoms with Crippen LogP contribution in [-0.2, 0) is 38.2 Å². The molecule has 0 aromatic heterocycles. The lowest BCUT2D eigenvalue weighted by molar-refractivity contribution is -0.263. The minimum Gasteiger partial charge on any atom is -0.462 e. The van der Waals surface area contributed by atoms with E-state index in [9.17, 15) is 29.1 Å². The van der Waals surface area contributed by atoms with Crippen molar-refractivity contribution in [2.24, 2.45) is 34.0 Å². The second-order valence-corrected chi connectivity index (χ2v) is 11.5. The van der Waals surface area contributed by atoms with Crippen LogP contribution in [0.1, 0.15) is 60.8 Å². The number of hydrogen-bond donors (Lipinski definition) is 1. The van der Waals surface area contributed by atoms with E-state index >= 15 is 0 Å². The highest BCUT2D eigenvalue weighted by Crippen LogP contribution is 2.71. The Labute approximate surface area is 204 Å². The van der Waals surface area contributed by atoms with Crippen LogP contribution in [0.25, 0.3) is 0 Å². The molecule has 1 N–H and O–H groups in total. The Morgan fingerprint density at radius 2 is 1.51 bits per heavy atom. The molecule has 4 aliphatic carbocycles. The highest BCUT2D eigenvalue weighted by atomic mass is 16.6. The monoisotopic (exact) mass is 490 g/mol. The van der Waals surface area contributed by atoms with Crippen LogP contribution in [0.15, 0.2) is 12.2 Å². The number of esters is 3. The van der Waals surface area contributed by atoms with Gasteiger partial charge in [-0.3, -0.25) is 24.0 Å². The lowest BCUT2D eigenvalue weighted by atomic mass is 9.38. The quantitative estimate of drug-likeness (QED) is 0.358. The minimum absolute atomic E-state index is 0.0447. The van der Waals surface area contributed by atoms with Gasteiger partial charge in [0, 0.05) is 49.9 Å². The number of ketones is 2. The van der Waals surface area contributed by atoms with E-state index < -0.39 is 76.2 Å². The van der Waals surface area contributed by atoms with E-state index in [2.05, 4.69) is 6.58 Å². The summed E-state index contributed by atoms with van der Waals surface area (Å²) in [4.78, 5) is 64.8. The van der Waals surface area contributed by atoms with Crippen molar-refractivity contribution in [3.05, 3.63) is 12.2 Å². The van der Waals surface area contributed by atoms with E-state index in [1.807, 2.05) is 0 Å². The standard InChI is InChI=1S/C26H34O9/c1-11-15-8-16(33-12(2)27)20-25(7)18(34-13(3)28)9-17(30)24(5,6)21(25)19(31)23(35-14(4)29)26(20,10-15)22(11)32/h15-18,20-21,23,30H,1,8-10H2,2-7H3. The summed E-state index contributed by atoms with van der Waals surface area (Å²) in [6, 6.07) is 0. The summed E-state index contributed by atoms with van der Waals surface area (Å²) >= 11 is 0. The summed E-state index contributed by atoms with van der Waals surface area (Å²) in [5, 5.41) is 11.1. The second kappa shape index (κ2) is 7.98. The van der Waals surface area contributed by atoms with Gasteiger partial charge in [-0.15, -0.1) is 0 Å². The third-order valence-electron chi connectivity index (χ3n) is 9.18. The Morgan fingerprint density at radius 3 is 2.06 bits per heavy atom. The fourth-order valence-corrected chi connectivity index (χ4v) is 8.13. The largest absolute Gasteiger partial charge is 0.462 e. The van der Waals surface area contributed by atoms with E-state index in [0.717, 1.165) is 0 Å². The molecular formula is C26H34O9. The van der Waals surface area contributed by atoms with Gasteiger partial charge in [-0.2, -0.15) is 0 Å². The molecule has 0 aliphatic heterocycles. The van der Waals surface area contributed by atoms with Crippen LogP contribution in [0.2, 0.25) is 0 Å². The number of hydrogen-bond acceptors (Lipinski definition) is 9. The predicted molar refractivity (Wildman–Crippen MR) is 120 cm³/mol. The van der Waals surface area contributed by atoms with Crippen LogP contribution in [-0.4, -0.2) is 59.0 Å². The van der Waals surface area contributed by atoms with Crippen LogP contribution < -0.4 is 0 Å². The number of fused-ring (bicyclic) bond motifs is 3. The highest BCUT2D eigenvalue weighted by molar-refractivity contribution is 6.08. The maximum absolute atomic E-state index is 14.3. The van der Waals surface area contributed by atoms with Crippen molar-refractivity contribution in [3.63, 3.8) is 0 Å². The van der Waals surface area contributed by atoms with Gasteiger partial charge < -0.3 is 19.3 Å². The summed E-state index contributed by atoms with van der Waals surface area (Å²) in [7, 11) is 0. The molecule has 0 aromatic carbocycles. The average molecular weight is 491 g/mol. The zero-order valence-electron chi connectivity index (χ0n) is 21.1.